The van der Waals surface area contributed by atoms with Crippen molar-refractivity contribution in [1.29, 1.82) is 0 Å². The second kappa shape index (κ2) is 8.69. The molecule has 0 aliphatic rings. The molecule has 7 heteroatoms. The van der Waals surface area contributed by atoms with E-state index in [0.717, 1.165) is 28.9 Å². The Hall–Kier alpha value is -2.15. The number of para-hydroxylation sites is 1. The predicted molar refractivity (Wildman–Crippen MR) is 112 cm³/mol. The number of nitrogens with zero attached hydrogens (tertiary/aromatic N) is 2. The van der Waals surface area contributed by atoms with E-state index >= 15 is 0 Å². The third kappa shape index (κ3) is 4.58. The van der Waals surface area contributed by atoms with Crippen molar-refractivity contribution < 1.29 is 14.4 Å². The number of methoxy groups -OCH3 is 1. The van der Waals surface area contributed by atoms with E-state index in [-0.39, 0.29) is 5.91 Å². The molecule has 0 aliphatic carbocycles. The molecule has 1 amide bonds. The molecule has 27 heavy (non-hydrogen) atoms. The van der Waals surface area contributed by atoms with Crippen LogP contribution in [0.3, 0.4) is 0 Å². The van der Waals surface area contributed by atoms with Gasteiger partial charge in [0.25, 0.3) is 5.91 Å². The number of fused-ring (bicyclic) bond motifs is 1. The molecule has 0 radical (unpaired) electrons. The molecule has 0 fully saturated rings. The fraction of sp³-hybridized carbons (Fsp3) is 0.300. The van der Waals surface area contributed by atoms with Crippen LogP contribution in [0.1, 0.15) is 16.8 Å². The lowest BCUT2D eigenvalue weighted by atomic mass is 10.2. The topological polar surface area (TPSA) is 46.9 Å². The number of quaternary nitrogens is 1. The quantitative estimate of drug-likeness (QED) is 0.658. The Morgan fingerprint density at radius 1 is 1.22 bits per heavy atom. The van der Waals surface area contributed by atoms with Crippen molar-refractivity contribution in [1.82, 2.24) is 4.98 Å². The van der Waals surface area contributed by atoms with E-state index in [1.807, 2.05) is 18.2 Å². The van der Waals surface area contributed by atoms with Crippen molar-refractivity contribution in [2.45, 2.75) is 6.42 Å². The minimum absolute atomic E-state index is 0.0680. The number of thiazole rings is 1. The van der Waals surface area contributed by atoms with Crippen LogP contribution in [-0.4, -0.2) is 45.2 Å². The van der Waals surface area contributed by atoms with Crippen molar-refractivity contribution in [3.05, 3.63) is 53.1 Å². The fourth-order valence-corrected chi connectivity index (χ4v) is 4.07. The van der Waals surface area contributed by atoms with E-state index in [1.165, 1.54) is 16.2 Å². The first-order chi connectivity index (χ1) is 13.0. The van der Waals surface area contributed by atoms with Crippen LogP contribution < -0.4 is 14.5 Å². The van der Waals surface area contributed by atoms with Gasteiger partial charge in [0.1, 0.15) is 11.3 Å². The molecular formula is C20H23ClN3O2S+. The fourth-order valence-electron chi connectivity index (χ4n) is 2.78. The molecule has 0 saturated heterocycles. The molecule has 1 aromatic heterocycles. The van der Waals surface area contributed by atoms with E-state index < -0.39 is 0 Å². The second-order valence-corrected chi connectivity index (χ2v) is 8.00. The SMILES string of the molecule is COc1ccc(C(=O)N(CCC[NH+](C)C)c2nc3c(Cl)cccc3s2)cc1. The lowest BCUT2D eigenvalue weighted by Crippen LogP contribution is -3.05. The number of amides is 1. The van der Waals surface area contributed by atoms with Gasteiger partial charge >= 0.3 is 0 Å². The average molecular weight is 405 g/mol. The van der Waals surface area contributed by atoms with Crippen LogP contribution in [0.5, 0.6) is 5.75 Å². The molecule has 142 valence electrons. The number of nitrogens with one attached hydrogen (secondary N) is 1. The minimum Gasteiger partial charge on any atom is -0.497 e. The molecule has 0 unspecified atom stereocenters. The molecule has 5 nitrogen and oxygen atoms in total. The number of anilines is 1. The van der Waals surface area contributed by atoms with Crippen LogP contribution in [0.15, 0.2) is 42.5 Å². The Bertz CT molecular complexity index is 925. The summed E-state index contributed by atoms with van der Waals surface area (Å²) in [6.45, 7) is 1.57. The molecule has 0 saturated carbocycles. The maximum atomic E-state index is 13.2. The number of hydrogen-bond acceptors (Lipinski definition) is 4. The van der Waals surface area contributed by atoms with Gasteiger partial charge in [0, 0.05) is 18.5 Å². The molecule has 3 aromatic rings. The maximum absolute atomic E-state index is 13.2. The average Bonchev–Trinajstić information content (AvgIpc) is 3.10. The normalized spacial score (nSPS) is 11.1. The van der Waals surface area contributed by atoms with Crippen molar-refractivity contribution >= 4 is 44.2 Å². The molecule has 1 heterocycles. The van der Waals surface area contributed by atoms with Gasteiger partial charge in [-0.15, -0.1) is 0 Å². The molecule has 0 atom stereocenters. The first-order valence-corrected chi connectivity index (χ1v) is 9.99. The number of carbonyl (C=O) groups excluding carboxylic acids is 1. The Kier molecular flexibility index (Phi) is 6.31. The summed E-state index contributed by atoms with van der Waals surface area (Å²) < 4.78 is 6.16. The molecule has 0 spiro atoms. The summed E-state index contributed by atoms with van der Waals surface area (Å²) in [4.78, 5) is 20.9. The number of rotatable bonds is 7. The Balaban J connectivity index is 1.93. The molecule has 3 rings (SSSR count). The molecule has 1 N–H and O–H groups in total. The van der Waals surface area contributed by atoms with Gasteiger partial charge in [0.05, 0.1) is 37.5 Å². The van der Waals surface area contributed by atoms with E-state index in [2.05, 4.69) is 19.1 Å². The monoisotopic (exact) mass is 404 g/mol. The third-order valence-electron chi connectivity index (χ3n) is 4.23. The van der Waals surface area contributed by atoms with Gasteiger partial charge in [-0.3, -0.25) is 9.69 Å². The summed E-state index contributed by atoms with van der Waals surface area (Å²) in [5, 5.41) is 1.28. The largest absolute Gasteiger partial charge is 0.497 e. The number of aromatic nitrogens is 1. The van der Waals surface area contributed by atoms with Crippen LogP contribution in [0.25, 0.3) is 10.2 Å². The van der Waals surface area contributed by atoms with E-state index in [0.29, 0.717) is 22.3 Å². The van der Waals surface area contributed by atoms with Crippen LogP contribution >= 0.6 is 22.9 Å². The highest BCUT2D eigenvalue weighted by Gasteiger charge is 2.22. The Morgan fingerprint density at radius 3 is 2.59 bits per heavy atom. The van der Waals surface area contributed by atoms with E-state index in [4.69, 9.17) is 16.3 Å². The summed E-state index contributed by atoms with van der Waals surface area (Å²) >= 11 is 7.76. The lowest BCUT2D eigenvalue weighted by molar-refractivity contribution is -0.858. The van der Waals surface area contributed by atoms with Gasteiger partial charge in [-0.2, -0.15) is 0 Å². The molecule has 2 aromatic carbocycles. The highest BCUT2D eigenvalue weighted by molar-refractivity contribution is 7.22. The van der Waals surface area contributed by atoms with Crippen LogP contribution in [0.2, 0.25) is 5.02 Å². The van der Waals surface area contributed by atoms with Gasteiger partial charge in [-0.1, -0.05) is 29.0 Å². The number of ether oxygens (including phenoxy) is 1. The van der Waals surface area contributed by atoms with Gasteiger partial charge in [0.2, 0.25) is 0 Å². The summed E-state index contributed by atoms with van der Waals surface area (Å²) in [6.07, 6.45) is 0.883. The van der Waals surface area contributed by atoms with Gasteiger partial charge in [-0.25, -0.2) is 4.98 Å². The minimum atomic E-state index is -0.0680. The zero-order valence-electron chi connectivity index (χ0n) is 15.7. The maximum Gasteiger partial charge on any atom is 0.260 e. The van der Waals surface area contributed by atoms with Crippen molar-refractivity contribution in [2.75, 3.05) is 39.2 Å². The standard InChI is InChI=1S/C20H22ClN3O2S/c1-23(2)12-5-13-24(19(25)14-8-10-15(26-3)11-9-14)20-22-18-16(21)6-4-7-17(18)27-20/h4,6-11H,5,12-13H2,1-3H3/p+1. The summed E-state index contributed by atoms with van der Waals surface area (Å²) in [5.74, 6) is 0.655. The first-order valence-electron chi connectivity index (χ1n) is 8.79. The zero-order valence-corrected chi connectivity index (χ0v) is 17.2. The highest BCUT2D eigenvalue weighted by atomic mass is 35.5. The van der Waals surface area contributed by atoms with E-state index in [9.17, 15) is 4.79 Å². The van der Waals surface area contributed by atoms with Gasteiger partial charge < -0.3 is 9.64 Å². The number of carbonyl (C=O) groups is 1. The predicted octanol–water partition coefficient (Wildman–Crippen LogP) is 3.14. The lowest BCUT2D eigenvalue weighted by Gasteiger charge is -2.20. The zero-order chi connectivity index (χ0) is 19.4. The van der Waals surface area contributed by atoms with Crippen molar-refractivity contribution in [2.24, 2.45) is 0 Å². The molecule has 0 bridgehead atoms. The second-order valence-electron chi connectivity index (χ2n) is 6.58. The summed E-state index contributed by atoms with van der Waals surface area (Å²) in [5.41, 5.74) is 1.35. The first kappa shape index (κ1) is 19.6. The number of hydrogen-bond donors (Lipinski definition) is 1. The molecular weight excluding hydrogens is 382 g/mol. The van der Waals surface area contributed by atoms with Crippen molar-refractivity contribution in [3.63, 3.8) is 0 Å². The van der Waals surface area contributed by atoms with Crippen LogP contribution in [0, 0.1) is 0 Å². The van der Waals surface area contributed by atoms with Crippen LogP contribution in [-0.2, 0) is 0 Å². The summed E-state index contributed by atoms with van der Waals surface area (Å²) in [7, 11) is 5.82. The Morgan fingerprint density at radius 2 is 1.96 bits per heavy atom. The molecule has 0 aliphatic heterocycles. The smallest absolute Gasteiger partial charge is 0.260 e. The summed E-state index contributed by atoms with van der Waals surface area (Å²) in [6, 6.07) is 12.9. The highest BCUT2D eigenvalue weighted by Crippen LogP contribution is 2.33. The van der Waals surface area contributed by atoms with Gasteiger partial charge in [0.15, 0.2) is 5.13 Å². The van der Waals surface area contributed by atoms with E-state index in [1.54, 1.807) is 36.3 Å². The van der Waals surface area contributed by atoms with Crippen LogP contribution in [0.4, 0.5) is 5.13 Å². The number of halogens is 1. The third-order valence-corrected chi connectivity index (χ3v) is 5.58. The number of benzene rings is 2. The van der Waals surface area contributed by atoms with Crippen molar-refractivity contribution in [3.8, 4) is 5.75 Å². The Labute approximate surface area is 168 Å². The van der Waals surface area contributed by atoms with Gasteiger partial charge in [-0.05, 0) is 36.4 Å².